The number of hydrogen-bond acceptors (Lipinski definition) is 4. The van der Waals surface area contributed by atoms with Crippen molar-refractivity contribution < 1.29 is 9.53 Å². The van der Waals surface area contributed by atoms with Gasteiger partial charge in [0.25, 0.3) is 5.91 Å². The molecule has 132 valence electrons. The van der Waals surface area contributed by atoms with Crippen LogP contribution in [-0.2, 0) is 0 Å². The van der Waals surface area contributed by atoms with Gasteiger partial charge in [0.15, 0.2) is 0 Å². The molecular formula is C19H21ClN2O2S. The normalized spacial score (nSPS) is 14.5. The van der Waals surface area contributed by atoms with Gasteiger partial charge in [0, 0.05) is 31.1 Å². The van der Waals surface area contributed by atoms with Gasteiger partial charge < -0.3 is 14.5 Å². The van der Waals surface area contributed by atoms with Gasteiger partial charge in [-0.25, -0.2) is 0 Å². The van der Waals surface area contributed by atoms with Crippen molar-refractivity contribution in [2.45, 2.75) is 4.90 Å². The first-order valence-electron chi connectivity index (χ1n) is 8.15. The highest BCUT2D eigenvalue weighted by Crippen LogP contribution is 2.29. The zero-order chi connectivity index (χ0) is 17.8. The van der Waals surface area contributed by atoms with E-state index in [2.05, 4.69) is 11.0 Å². The van der Waals surface area contributed by atoms with Crippen LogP contribution in [-0.4, -0.2) is 50.4 Å². The molecule has 0 aromatic heterocycles. The molecule has 0 unspecified atom stereocenters. The van der Waals surface area contributed by atoms with E-state index in [0.717, 1.165) is 29.4 Å². The Kier molecular flexibility index (Phi) is 5.76. The fourth-order valence-corrected chi connectivity index (χ4v) is 3.65. The van der Waals surface area contributed by atoms with Crippen LogP contribution in [0.1, 0.15) is 10.4 Å². The lowest BCUT2D eigenvalue weighted by Crippen LogP contribution is -2.49. The number of piperazine rings is 1. The number of anilines is 1. The molecule has 1 saturated heterocycles. The second-order valence-electron chi connectivity index (χ2n) is 5.80. The van der Waals surface area contributed by atoms with Crippen molar-refractivity contribution >= 4 is 35.0 Å². The molecule has 1 aliphatic heterocycles. The molecule has 2 aromatic rings. The van der Waals surface area contributed by atoms with Crippen molar-refractivity contribution in [3.05, 3.63) is 53.1 Å². The number of hydrogen-bond donors (Lipinski definition) is 0. The molecule has 3 rings (SSSR count). The molecule has 0 aliphatic carbocycles. The number of halogens is 1. The Hall–Kier alpha value is -1.85. The summed E-state index contributed by atoms with van der Waals surface area (Å²) in [5.74, 6) is 0.860. The fraction of sp³-hybridized carbons (Fsp3) is 0.316. The van der Waals surface area contributed by atoms with Crippen molar-refractivity contribution in [1.82, 2.24) is 4.90 Å². The van der Waals surface area contributed by atoms with Crippen LogP contribution >= 0.6 is 23.4 Å². The average Bonchev–Trinajstić information content (AvgIpc) is 2.68. The number of rotatable bonds is 4. The first-order chi connectivity index (χ1) is 12.1. The van der Waals surface area contributed by atoms with Gasteiger partial charge in [0.05, 0.1) is 23.4 Å². The van der Waals surface area contributed by atoms with Crippen molar-refractivity contribution in [1.29, 1.82) is 0 Å². The van der Waals surface area contributed by atoms with E-state index in [1.807, 2.05) is 41.5 Å². The Balaban J connectivity index is 1.71. The summed E-state index contributed by atoms with van der Waals surface area (Å²) in [6.45, 7) is 2.87. The molecule has 1 amide bonds. The lowest BCUT2D eigenvalue weighted by atomic mass is 10.1. The summed E-state index contributed by atoms with van der Waals surface area (Å²) in [5.41, 5.74) is 1.65. The maximum absolute atomic E-state index is 12.8. The topological polar surface area (TPSA) is 32.8 Å². The quantitative estimate of drug-likeness (QED) is 0.754. The van der Waals surface area contributed by atoms with E-state index in [-0.39, 0.29) is 5.91 Å². The molecule has 0 N–H and O–H groups in total. The van der Waals surface area contributed by atoms with Crippen LogP contribution < -0.4 is 9.64 Å². The third-order valence-corrected chi connectivity index (χ3v) is 5.45. The lowest BCUT2D eigenvalue weighted by Gasteiger charge is -2.36. The van der Waals surface area contributed by atoms with Gasteiger partial charge in [-0.1, -0.05) is 23.7 Å². The zero-order valence-corrected chi connectivity index (χ0v) is 15.9. The molecule has 25 heavy (non-hydrogen) atoms. The largest absolute Gasteiger partial charge is 0.495 e. The molecule has 1 fully saturated rings. The van der Waals surface area contributed by atoms with Crippen molar-refractivity contribution in [2.75, 3.05) is 44.4 Å². The van der Waals surface area contributed by atoms with Crippen LogP contribution in [0.3, 0.4) is 0 Å². The molecule has 0 saturated carbocycles. The van der Waals surface area contributed by atoms with Crippen molar-refractivity contribution in [2.24, 2.45) is 0 Å². The number of amides is 1. The molecule has 0 atom stereocenters. The van der Waals surface area contributed by atoms with Crippen LogP contribution in [0.5, 0.6) is 5.75 Å². The summed E-state index contributed by atoms with van der Waals surface area (Å²) in [6.07, 6.45) is 1.99. The highest BCUT2D eigenvalue weighted by Gasteiger charge is 2.25. The number of thioether (sulfide) groups is 1. The Labute approximate surface area is 157 Å². The second-order valence-corrected chi connectivity index (χ2v) is 7.08. The number of para-hydroxylation sites is 2. The number of carbonyl (C=O) groups excluding carboxylic acids is 1. The predicted molar refractivity (Wildman–Crippen MR) is 104 cm³/mol. The van der Waals surface area contributed by atoms with Crippen LogP contribution in [0.2, 0.25) is 5.02 Å². The van der Waals surface area contributed by atoms with Gasteiger partial charge in [-0.3, -0.25) is 4.79 Å². The summed E-state index contributed by atoms with van der Waals surface area (Å²) >= 11 is 7.85. The molecule has 0 bridgehead atoms. The average molecular weight is 377 g/mol. The van der Waals surface area contributed by atoms with Gasteiger partial charge in [0.1, 0.15) is 5.75 Å². The SMILES string of the molecule is COc1ccccc1N1CCN(C(=O)c2cc(SC)ccc2Cl)CC1. The number of benzene rings is 2. The lowest BCUT2D eigenvalue weighted by molar-refractivity contribution is 0.0746. The van der Waals surface area contributed by atoms with Crippen molar-refractivity contribution in [3.63, 3.8) is 0 Å². The third kappa shape index (κ3) is 3.88. The number of carbonyl (C=O) groups is 1. The van der Waals surface area contributed by atoms with E-state index in [0.29, 0.717) is 23.7 Å². The summed E-state index contributed by atoms with van der Waals surface area (Å²) in [6, 6.07) is 13.6. The van der Waals surface area contributed by atoms with Gasteiger partial charge in [-0.05, 0) is 36.6 Å². The van der Waals surface area contributed by atoms with Crippen LogP contribution in [0.15, 0.2) is 47.4 Å². The molecule has 1 heterocycles. The predicted octanol–water partition coefficient (Wildman–Crippen LogP) is 4.03. The minimum Gasteiger partial charge on any atom is -0.495 e. The standard InChI is InChI=1S/C19H21ClN2O2S/c1-24-18-6-4-3-5-17(18)21-9-11-22(12-10-21)19(23)15-13-14(25-2)7-8-16(15)20/h3-8,13H,9-12H2,1-2H3. The highest BCUT2D eigenvalue weighted by atomic mass is 35.5. The Morgan fingerprint density at radius 3 is 2.52 bits per heavy atom. The highest BCUT2D eigenvalue weighted by molar-refractivity contribution is 7.98. The van der Waals surface area contributed by atoms with Gasteiger partial charge in [-0.15, -0.1) is 11.8 Å². The maximum atomic E-state index is 12.8. The van der Waals surface area contributed by atoms with E-state index in [1.54, 1.807) is 24.9 Å². The first-order valence-corrected chi connectivity index (χ1v) is 9.75. The summed E-state index contributed by atoms with van der Waals surface area (Å²) < 4.78 is 5.44. The summed E-state index contributed by atoms with van der Waals surface area (Å²) in [4.78, 5) is 18.0. The fourth-order valence-electron chi connectivity index (χ4n) is 3.01. The molecule has 1 aliphatic rings. The second kappa shape index (κ2) is 8.02. The number of methoxy groups -OCH3 is 1. The van der Waals surface area contributed by atoms with Crippen LogP contribution in [0, 0.1) is 0 Å². The summed E-state index contributed by atoms with van der Waals surface area (Å²) in [7, 11) is 1.68. The molecule has 0 spiro atoms. The van der Waals surface area contributed by atoms with E-state index in [1.165, 1.54) is 0 Å². The molecule has 6 heteroatoms. The molecule has 2 aromatic carbocycles. The monoisotopic (exact) mass is 376 g/mol. The zero-order valence-electron chi connectivity index (χ0n) is 14.4. The third-order valence-electron chi connectivity index (χ3n) is 4.40. The van der Waals surface area contributed by atoms with Crippen LogP contribution in [0.4, 0.5) is 5.69 Å². The Morgan fingerprint density at radius 2 is 1.84 bits per heavy atom. The smallest absolute Gasteiger partial charge is 0.255 e. The molecular weight excluding hydrogens is 356 g/mol. The van der Waals surface area contributed by atoms with E-state index < -0.39 is 0 Å². The Bertz CT molecular complexity index is 761. The number of nitrogens with zero attached hydrogens (tertiary/aromatic N) is 2. The van der Waals surface area contributed by atoms with E-state index >= 15 is 0 Å². The summed E-state index contributed by atoms with van der Waals surface area (Å²) in [5, 5.41) is 0.509. The van der Waals surface area contributed by atoms with E-state index in [9.17, 15) is 4.79 Å². The minimum absolute atomic E-state index is 0.000534. The van der Waals surface area contributed by atoms with Gasteiger partial charge in [-0.2, -0.15) is 0 Å². The maximum Gasteiger partial charge on any atom is 0.255 e. The number of ether oxygens (including phenoxy) is 1. The van der Waals surface area contributed by atoms with Crippen LogP contribution in [0.25, 0.3) is 0 Å². The van der Waals surface area contributed by atoms with E-state index in [4.69, 9.17) is 16.3 Å². The molecule has 0 radical (unpaired) electrons. The van der Waals surface area contributed by atoms with Gasteiger partial charge in [0.2, 0.25) is 0 Å². The first kappa shape index (κ1) is 18.0. The van der Waals surface area contributed by atoms with Gasteiger partial charge >= 0.3 is 0 Å². The molecule has 4 nitrogen and oxygen atoms in total. The van der Waals surface area contributed by atoms with Crippen molar-refractivity contribution in [3.8, 4) is 5.75 Å². The Morgan fingerprint density at radius 1 is 1.12 bits per heavy atom. The minimum atomic E-state index is 0.000534.